The van der Waals surface area contributed by atoms with Crippen molar-refractivity contribution in [1.82, 2.24) is 15.1 Å². The number of amides is 1. The lowest BCUT2D eigenvalue weighted by Gasteiger charge is -2.00. The van der Waals surface area contributed by atoms with Crippen molar-refractivity contribution in [3.8, 4) is 16.9 Å². The molecule has 5 heteroatoms. The van der Waals surface area contributed by atoms with Crippen LogP contribution in [0.1, 0.15) is 5.56 Å². The van der Waals surface area contributed by atoms with Crippen molar-refractivity contribution in [2.75, 3.05) is 20.3 Å². The fraction of sp³-hybridized carbons (Fsp3) is 0.143. The maximum absolute atomic E-state index is 11.9. The van der Waals surface area contributed by atoms with Gasteiger partial charge in [0.1, 0.15) is 0 Å². The van der Waals surface area contributed by atoms with Gasteiger partial charge in [-0.3, -0.25) is 4.79 Å². The minimum atomic E-state index is -0.159. The minimum absolute atomic E-state index is 0.159. The molecular formula is C21H21N3O2. The van der Waals surface area contributed by atoms with Gasteiger partial charge in [0.05, 0.1) is 18.0 Å². The van der Waals surface area contributed by atoms with Crippen LogP contribution in [0.15, 0.2) is 72.9 Å². The molecule has 1 N–H and O–H groups in total. The van der Waals surface area contributed by atoms with E-state index in [-0.39, 0.29) is 5.91 Å². The molecule has 2 aromatic carbocycles. The summed E-state index contributed by atoms with van der Waals surface area (Å²) in [5, 5.41) is 7.49. The van der Waals surface area contributed by atoms with Crippen LogP contribution in [0.2, 0.25) is 0 Å². The molecule has 0 radical (unpaired) electrons. The fourth-order valence-corrected chi connectivity index (χ4v) is 2.54. The number of nitrogens with zero attached hydrogens (tertiary/aromatic N) is 2. The lowest BCUT2D eigenvalue weighted by molar-refractivity contribution is -0.116. The summed E-state index contributed by atoms with van der Waals surface area (Å²) in [7, 11) is 1.60. The van der Waals surface area contributed by atoms with E-state index in [9.17, 15) is 4.79 Å². The van der Waals surface area contributed by atoms with Gasteiger partial charge in [0.25, 0.3) is 0 Å². The van der Waals surface area contributed by atoms with Crippen LogP contribution in [0, 0.1) is 0 Å². The molecule has 3 rings (SSSR count). The molecule has 1 heterocycles. The van der Waals surface area contributed by atoms with Gasteiger partial charge in [-0.05, 0) is 18.2 Å². The summed E-state index contributed by atoms with van der Waals surface area (Å²) in [6.45, 7) is 0.968. The number of methoxy groups -OCH3 is 1. The maximum Gasteiger partial charge on any atom is 0.244 e. The molecule has 5 nitrogen and oxygen atoms in total. The Balaban J connectivity index is 1.90. The van der Waals surface area contributed by atoms with Crippen LogP contribution >= 0.6 is 0 Å². The number of hydrogen-bond donors (Lipinski definition) is 1. The summed E-state index contributed by atoms with van der Waals surface area (Å²) in [4.78, 5) is 11.9. The van der Waals surface area contributed by atoms with Crippen molar-refractivity contribution in [1.29, 1.82) is 0 Å². The van der Waals surface area contributed by atoms with E-state index in [0.717, 1.165) is 22.5 Å². The highest BCUT2D eigenvalue weighted by Gasteiger charge is 2.10. The lowest BCUT2D eigenvalue weighted by atomic mass is 10.1. The topological polar surface area (TPSA) is 56.1 Å². The van der Waals surface area contributed by atoms with Crippen molar-refractivity contribution in [2.24, 2.45) is 0 Å². The molecule has 0 saturated carbocycles. The Kier molecular flexibility index (Phi) is 5.96. The Bertz CT molecular complexity index is 871. The van der Waals surface area contributed by atoms with E-state index < -0.39 is 0 Å². The summed E-state index contributed by atoms with van der Waals surface area (Å²) in [6, 6.07) is 19.8. The van der Waals surface area contributed by atoms with Crippen LogP contribution in [0.25, 0.3) is 23.0 Å². The van der Waals surface area contributed by atoms with E-state index in [1.165, 1.54) is 6.08 Å². The van der Waals surface area contributed by atoms with Crippen molar-refractivity contribution in [2.45, 2.75) is 0 Å². The first-order valence-corrected chi connectivity index (χ1v) is 8.43. The van der Waals surface area contributed by atoms with Gasteiger partial charge in [0.15, 0.2) is 0 Å². The number of benzene rings is 2. The van der Waals surface area contributed by atoms with Gasteiger partial charge in [-0.1, -0.05) is 48.5 Å². The van der Waals surface area contributed by atoms with Crippen LogP contribution in [-0.4, -0.2) is 35.9 Å². The first-order chi connectivity index (χ1) is 12.8. The zero-order valence-corrected chi connectivity index (χ0v) is 14.6. The zero-order valence-electron chi connectivity index (χ0n) is 14.6. The Morgan fingerprint density at radius 1 is 1.12 bits per heavy atom. The molecule has 26 heavy (non-hydrogen) atoms. The largest absolute Gasteiger partial charge is 0.383 e. The van der Waals surface area contributed by atoms with E-state index in [4.69, 9.17) is 9.84 Å². The van der Waals surface area contributed by atoms with Crippen molar-refractivity contribution in [3.05, 3.63) is 78.5 Å². The summed E-state index contributed by atoms with van der Waals surface area (Å²) in [5.41, 5.74) is 3.67. The molecule has 0 fully saturated rings. The van der Waals surface area contributed by atoms with Gasteiger partial charge >= 0.3 is 0 Å². The highest BCUT2D eigenvalue weighted by molar-refractivity contribution is 5.92. The third-order valence-corrected chi connectivity index (χ3v) is 3.83. The molecule has 0 saturated heterocycles. The SMILES string of the molecule is COCCNC(=O)/C=C/c1cn(-c2ccccc2)nc1-c1ccccc1. The summed E-state index contributed by atoms with van der Waals surface area (Å²) in [5.74, 6) is -0.159. The van der Waals surface area contributed by atoms with E-state index in [1.807, 2.05) is 71.5 Å². The van der Waals surface area contributed by atoms with Crippen molar-refractivity contribution in [3.63, 3.8) is 0 Å². The molecule has 0 aliphatic carbocycles. The standard InChI is InChI=1S/C21H21N3O2/c1-26-15-14-22-20(25)13-12-18-16-24(19-10-6-3-7-11-19)23-21(18)17-8-4-2-5-9-17/h2-13,16H,14-15H2,1H3,(H,22,25)/b13-12+. The minimum Gasteiger partial charge on any atom is -0.383 e. The summed E-state index contributed by atoms with van der Waals surface area (Å²) in [6.07, 6.45) is 5.24. The molecule has 1 amide bonds. The number of hydrogen-bond acceptors (Lipinski definition) is 3. The first kappa shape index (κ1) is 17.6. The molecule has 3 aromatic rings. The Morgan fingerprint density at radius 2 is 1.81 bits per heavy atom. The summed E-state index contributed by atoms with van der Waals surface area (Å²) >= 11 is 0. The van der Waals surface area contributed by atoms with Crippen LogP contribution in [-0.2, 0) is 9.53 Å². The molecule has 0 atom stereocenters. The van der Waals surface area contributed by atoms with Crippen LogP contribution in [0.4, 0.5) is 0 Å². The predicted molar refractivity (Wildman–Crippen MR) is 103 cm³/mol. The zero-order chi connectivity index (χ0) is 18.2. The molecule has 132 valence electrons. The van der Waals surface area contributed by atoms with Gasteiger partial charge in [0, 0.05) is 37.1 Å². The number of carbonyl (C=O) groups excluding carboxylic acids is 1. The second kappa shape index (κ2) is 8.78. The van der Waals surface area contributed by atoms with E-state index in [1.54, 1.807) is 13.2 Å². The normalized spacial score (nSPS) is 11.0. The molecule has 0 aliphatic heterocycles. The molecule has 0 spiro atoms. The van der Waals surface area contributed by atoms with E-state index >= 15 is 0 Å². The summed E-state index contributed by atoms with van der Waals surface area (Å²) < 4.78 is 6.76. The van der Waals surface area contributed by atoms with Crippen LogP contribution < -0.4 is 5.32 Å². The molecular weight excluding hydrogens is 326 g/mol. The Hall–Kier alpha value is -3.18. The molecule has 0 bridgehead atoms. The number of ether oxygens (including phenoxy) is 1. The fourth-order valence-electron chi connectivity index (χ4n) is 2.54. The van der Waals surface area contributed by atoms with Gasteiger partial charge in [0.2, 0.25) is 5.91 Å². The van der Waals surface area contributed by atoms with Crippen LogP contribution in [0.5, 0.6) is 0 Å². The van der Waals surface area contributed by atoms with E-state index in [0.29, 0.717) is 13.2 Å². The monoisotopic (exact) mass is 347 g/mol. The van der Waals surface area contributed by atoms with Gasteiger partial charge < -0.3 is 10.1 Å². The highest BCUT2D eigenvalue weighted by atomic mass is 16.5. The van der Waals surface area contributed by atoms with Crippen molar-refractivity contribution < 1.29 is 9.53 Å². The third kappa shape index (κ3) is 4.46. The maximum atomic E-state index is 11.9. The van der Waals surface area contributed by atoms with Gasteiger partial charge in [-0.25, -0.2) is 4.68 Å². The smallest absolute Gasteiger partial charge is 0.244 e. The number of para-hydroxylation sites is 1. The lowest BCUT2D eigenvalue weighted by Crippen LogP contribution is -2.24. The number of rotatable bonds is 7. The Morgan fingerprint density at radius 3 is 2.50 bits per heavy atom. The van der Waals surface area contributed by atoms with E-state index in [2.05, 4.69) is 5.32 Å². The van der Waals surface area contributed by atoms with Crippen LogP contribution in [0.3, 0.4) is 0 Å². The quantitative estimate of drug-likeness (QED) is 0.527. The highest BCUT2D eigenvalue weighted by Crippen LogP contribution is 2.24. The second-order valence-electron chi connectivity index (χ2n) is 5.70. The number of nitrogens with one attached hydrogen (secondary N) is 1. The molecule has 0 aliphatic rings. The molecule has 0 unspecified atom stereocenters. The molecule has 1 aromatic heterocycles. The average molecular weight is 347 g/mol. The van der Waals surface area contributed by atoms with Gasteiger partial charge in [-0.15, -0.1) is 0 Å². The second-order valence-corrected chi connectivity index (χ2v) is 5.70. The Labute approximate surface area is 152 Å². The van der Waals surface area contributed by atoms with Gasteiger partial charge in [-0.2, -0.15) is 5.10 Å². The third-order valence-electron chi connectivity index (χ3n) is 3.83. The number of aromatic nitrogens is 2. The predicted octanol–water partition coefficient (Wildman–Crippen LogP) is 3.32. The van der Waals surface area contributed by atoms with Crippen molar-refractivity contribution >= 4 is 12.0 Å². The first-order valence-electron chi connectivity index (χ1n) is 8.43. The average Bonchev–Trinajstić information content (AvgIpc) is 3.12. The number of carbonyl (C=O) groups is 1.